The molecule has 0 fully saturated rings. The average molecular weight is 267 g/mol. The van der Waals surface area contributed by atoms with Crippen molar-refractivity contribution in [2.45, 2.75) is 6.92 Å². The Morgan fingerprint density at radius 1 is 1.47 bits per heavy atom. The quantitative estimate of drug-likeness (QED) is 0.442. The van der Waals surface area contributed by atoms with E-state index in [1.165, 1.54) is 18.2 Å². The molecule has 0 aliphatic carbocycles. The molecule has 0 aliphatic rings. The van der Waals surface area contributed by atoms with Crippen molar-refractivity contribution < 1.29 is 14.5 Å². The SMILES string of the molecule is CCOCCNC(=O)c1ccc([N+](=O)[O-])c(NC)c1. The van der Waals surface area contributed by atoms with Crippen LogP contribution in [0.3, 0.4) is 0 Å². The van der Waals surface area contributed by atoms with Gasteiger partial charge in [-0.05, 0) is 19.1 Å². The molecular weight excluding hydrogens is 250 g/mol. The van der Waals surface area contributed by atoms with Gasteiger partial charge in [-0.2, -0.15) is 0 Å². The van der Waals surface area contributed by atoms with Gasteiger partial charge in [0, 0.05) is 31.8 Å². The fourth-order valence-electron chi connectivity index (χ4n) is 1.52. The molecule has 1 aromatic carbocycles. The van der Waals surface area contributed by atoms with Crippen LogP contribution in [0, 0.1) is 10.1 Å². The first kappa shape index (κ1) is 14.9. The molecule has 104 valence electrons. The smallest absolute Gasteiger partial charge is 0.292 e. The molecule has 0 heterocycles. The number of anilines is 1. The van der Waals surface area contributed by atoms with Gasteiger partial charge >= 0.3 is 0 Å². The molecule has 1 amide bonds. The van der Waals surface area contributed by atoms with Crippen molar-refractivity contribution in [2.24, 2.45) is 0 Å². The number of nitrogens with one attached hydrogen (secondary N) is 2. The predicted molar refractivity (Wildman–Crippen MR) is 71.5 cm³/mol. The molecule has 0 spiro atoms. The number of carbonyl (C=O) groups is 1. The maximum absolute atomic E-state index is 11.8. The zero-order valence-electron chi connectivity index (χ0n) is 10.9. The summed E-state index contributed by atoms with van der Waals surface area (Å²) in [7, 11) is 1.57. The van der Waals surface area contributed by atoms with Crippen LogP contribution in [0.2, 0.25) is 0 Å². The zero-order chi connectivity index (χ0) is 14.3. The van der Waals surface area contributed by atoms with Gasteiger partial charge in [0.2, 0.25) is 0 Å². The Morgan fingerprint density at radius 2 is 2.21 bits per heavy atom. The Hall–Kier alpha value is -2.15. The fourth-order valence-corrected chi connectivity index (χ4v) is 1.52. The van der Waals surface area contributed by atoms with Crippen molar-refractivity contribution in [3.05, 3.63) is 33.9 Å². The highest BCUT2D eigenvalue weighted by Gasteiger charge is 2.15. The number of rotatable bonds is 7. The third-order valence-corrected chi connectivity index (χ3v) is 2.46. The zero-order valence-corrected chi connectivity index (χ0v) is 10.9. The molecule has 0 aliphatic heterocycles. The lowest BCUT2D eigenvalue weighted by Gasteiger charge is -2.07. The molecule has 0 bridgehead atoms. The van der Waals surface area contributed by atoms with Crippen LogP contribution in [-0.4, -0.2) is 37.6 Å². The highest BCUT2D eigenvalue weighted by Crippen LogP contribution is 2.24. The van der Waals surface area contributed by atoms with Gasteiger partial charge < -0.3 is 15.4 Å². The lowest BCUT2D eigenvalue weighted by molar-refractivity contribution is -0.383. The summed E-state index contributed by atoms with van der Waals surface area (Å²) in [5.41, 5.74) is 0.613. The molecule has 1 rings (SSSR count). The van der Waals surface area contributed by atoms with E-state index in [1.807, 2.05) is 6.92 Å². The molecule has 0 unspecified atom stereocenters. The number of hydrogen-bond donors (Lipinski definition) is 2. The number of nitro benzene ring substituents is 1. The second-order valence-electron chi connectivity index (χ2n) is 3.69. The van der Waals surface area contributed by atoms with Crippen LogP contribution in [0.4, 0.5) is 11.4 Å². The Labute approximate surface area is 111 Å². The normalized spacial score (nSPS) is 10.0. The van der Waals surface area contributed by atoms with E-state index in [2.05, 4.69) is 10.6 Å². The number of benzene rings is 1. The highest BCUT2D eigenvalue weighted by atomic mass is 16.6. The number of hydrogen-bond acceptors (Lipinski definition) is 5. The van der Waals surface area contributed by atoms with Crippen molar-refractivity contribution >= 4 is 17.3 Å². The average Bonchev–Trinajstić information content (AvgIpc) is 2.42. The first-order valence-electron chi connectivity index (χ1n) is 5.92. The summed E-state index contributed by atoms with van der Waals surface area (Å²) in [6, 6.07) is 4.19. The van der Waals surface area contributed by atoms with Crippen molar-refractivity contribution in [2.75, 3.05) is 32.1 Å². The van der Waals surface area contributed by atoms with Crippen LogP contribution in [-0.2, 0) is 4.74 Å². The van der Waals surface area contributed by atoms with Crippen molar-refractivity contribution in [1.29, 1.82) is 0 Å². The summed E-state index contributed by atoms with van der Waals surface area (Å²) in [5, 5.41) is 16.1. The highest BCUT2D eigenvalue weighted by molar-refractivity contribution is 5.95. The van der Waals surface area contributed by atoms with E-state index in [9.17, 15) is 14.9 Å². The fraction of sp³-hybridized carbons (Fsp3) is 0.417. The van der Waals surface area contributed by atoms with Crippen LogP contribution in [0.5, 0.6) is 0 Å². The molecule has 1 aromatic rings. The minimum Gasteiger partial charge on any atom is -0.383 e. The first-order chi connectivity index (χ1) is 9.10. The van der Waals surface area contributed by atoms with Gasteiger partial charge in [0.25, 0.3) is 11.6 Å². The van der Waals surface area contributed by atoms with E-state index in [1.54, 1.807) is 7.05 Å². The number of carbonyl (C=O) groups excluding carboxylic acids is 1. The molecule has 19 heavy (non-hydrogen) atoms. The summed E-state index contributed by atoms with van der Waals surface area (Å²) in [5.74, 6) is -0.286. The lowest BCUT2D eigenvalue weighted by atomic mass is 10.1. The number of nitro groups is 1. The number of ether oxygens (including phenoxy) is 1. The van der Waals surface area contributed by atoms with Crippen LogP contribution < -0.4 is 10.6 Å². The van der Waals surface area contributed by atoms with Crippen LogP contribution in [0.25, 0.3) is 0 Å². The standard InChI is InChI=1S/C12H17N3O4/c1-3-19-7-6-14-12(16)9-4-5-11(15(17)18)10(8-9)13-2/h4-5,8,13H,3,6-7H2,1-2H3,(H,14,16). The topological polar surface area (TPSA) is 93.5 Å². The Kier molecular flexibility index (Phi) is 5.74. The number of amides is 1. The Morgan fingerprint density at radius 3 is 2.79 bits per heavy atom. The van der Waals surface area contributed by atoms with Gasteiger partial charge in [-0.3, -0.25) is 14.9 Å². The predicted octanol–water partition coefficient (Wildman–Crippen LogP) is 1.40. The van der Waals surface area contributed by atoms with E-state index in [0.29, 0.717) is 31.0 Å². The maximum atomic E-state index is 11.8. The largest absolute Gasteiger partial charge is 0.383 e. The summed E-state index contributed by atoms with van der Waals surface area (Å²) in [6.07, 6.45) is 0. The third-order valence-electron chi connectivity index (χ3n) is 2.46. The van der Waals surface area contributed by atoms with Gasteiger partial charge in [-0.25, -0.2) is 0 Å². The molecule has 0 saturated carbocycles. The van der Waals surface area contributed by atoms with E-state index in [-0.39, 0.29) is 11.6 Å². The molecule has 0 aromatic heterocycles. The Balaban J connectivity index is 2.73. The summed E-state index contributed by atoms with van der Waals surface area (Å²) in [4.78, 5) is 22.0. The third kappa shape index (κ3) is 4.22. The molecule has 0 atom stereocenters. The van der Waals surface area contributed by atoms with Gasteiger partial charge in [-0.15, -0.1) is 0 Å². The van der Waals surface area contributed by atoms with Gasteiger partial charge in [0.05, 0.1) is 11.5 Å². The lowest BCUT2D eigenvalue weighted by Crippen LogP contribution is -2.27. The monoisotopic (exact) mass is 267 g/mol. The van der Waals surface area contributed by atoms with E-state index in [4.69, 9.17) is 4.74 Å². The second-order valence-corrected chi connectivity index (χ2v) is 3.69. The molecular formula is C12H17N3O4. The first-order valence-corrected chi connectivity index (χ1v) is 5.92. The molecule has 0 radical (unpaired) electrons. The number of nitrogens with zero attached hydrogens (tertiary/aromatic N) is 1. The molecule has 7 nitrogen and oxygen atoms in total. The van der Waals surface area contributed by atoms with Gasteiger partial charge in [0.1, 0.15) is 5.69 Å². The minimum atomic E-state index is -0.497. The van der Waals surface area contributed by atoms with Gasteiger partial charge in [-0.1, -0.05) is 0 Å². The Bertz CT molecular complexity index is 462. The van der Waals surface area contributed by atoms with E-state index >= 15 is 0 Å². The maximum Gasteiger partial charge on any atom is 0.292 e. The van der Waals surface area contributed by atoms with Crippen molar-refractivity contribution in [1.82, 2.24) is 5.32 Å². The second kappa shape index (κ2) is 7.32. The molecule has 2 N–H and O–H groups in total. The van der Waals surface area contributed by atoms with Gasteiger partial charge in [0.15, 0.2) is 0 Å². The van der Waals surface area contributed by atoms with Crippen LogP contribution >= 0.6 is 0 Å². The molecule has 0 saturated heterocycles. The molecule has 7 heteroatoms. The summed E-state index contributed by atoms with van der Waals surface area (Å²) >= 11 is 0. The van der Waals surface area contributed by atoms with E-state index < -0.39 is 4.92 Å². The van der Waals surface area contributed by atoms with E-state index in [0.717, 1.165) is 0 Å². The van der Waals surface area contributed by atoms with Crippen molar-refractivity contribution in [3.63, 3.8) is 0 Å². The summed E-state index contributed by atoms with van der Waals surface area (Å²) < 4.78 is 5.10. The van der Waals surface area contributed by atoms with Crippen molar-refractivity contribution in [3.8, 4) is 0 Å². The van der Waals surface area contributed by atoms with Crippen LogP contribution in [0.15, 0.2) is 18.2 Å². The summed E-state index contributed by atoms with van der Waals surface area (Å²) in [6.45, 7) is 3.31. The minimum absolute atomic E-state index is 0.0617. The van der Waals surface area contributed by atoms with Crippen LogP contribution in [0.1, 0.15) is 17.3 Å².